The summed E-state index contributed by atoms with van der Waals surface area (Å²) in [4.78, 5) is 26.7. The number of amides is 2. The minimum absolute atomic E-state index is 0.0689. The predicted molar refractivity (Wildman–Crippen MR) is 69.9 cm³/mol. The van der Waals surface area contributed by atoms with Crippen LogP contribution in [0.25, 0.3) is 0 Å². The Morgan fingerprint density at radius 2 is 2.06 bits per heavy atom. The molecule has 5 heteroatoms. The lowest BCUT2D eigenvalue weighted by atomic mass is 10.2. The first-order valence-electron chi connectivity index (χ1n) is 5.81. The molecule has 0 unspecified atom stereocenters. The van der Waals surface area contributed by atoms with Crippen LogP contribution in [0.4, 0.5) is 5.82 Å². The summed E-state index contributed by atoms with van der Waals surface area (Å²) in [7, 11) is 0. The van der Waals surface area contributed by atoms with E-state index in [-0.39, 0.29) is 11.8 Å². The van der Waals surface area contributed by atoms with E-state index in [0.717, 1.165) is 0 Å². The van der Waals surface area contributed by atoms with E-state index in [0.29, 0.717) is 31.6 Å². The number of hydrogen-bond donors (Lipinski definition) is 2. The van der Waals surface area contributed by atoms with Crippen molar-refractivity contribution in [3.63, 3.8) is 0 Å². The van der Waals surface area contributed by atoms with E-state index in [1.165, 1.54) is 0 Å². The fourth-order valence-corrected chi connectivity index (χ4v) is 1.33. The van der Waals surface area contributed by atoms with E-state index in [1.54, 1.807) is 30.5 Å². The molecule has 1 heterocycles. The Bertz CT molecular complexity index is 404. The lowest BCUT2D eigenvalue weighted by Gasteiger charge is -2.04. The van der Waals surface area contributed by atoms with Gasteiger partial charge in [0.2, 0.25) is 11.8 Å². The average molecular weight is 247 g/mol. The standard InChI is InChI=1S/C13H17N3O2/c1-2-9-15-12(17)7-5-8-13(18)16-11-6-3-4-10-14-11/h2-4,6,10H,1,5,7-9H2,(H,15,17)(H,14,16,18). The molecule has 2 N–H and O–H groups in total. The second-order valence-corrected chi connectivity index (χ2v) is 3.71. The number of aromatic nitrogens is 1. The minimum Gasteiger partial charge on any atom is -0.353 e. The topological polar surface area (TPSA) is 71.1 Å². The Kier molecular flexibility index (Phi) is 6.17. The summed E-state index contributed by atoms with van der Waals surface area (Å²) in [5.74, 6) is 0.323. The Morgan fingerprint density at radius 3 is 2.72 bits per heavy atom. The zero-order valence-electron chi connectivity index (χ0n) is 10.2. The molecule has 0 spiro atoms. The highest BCUT2D eigenvalue weighted by molar-refractivity contribution is 5.90. The van der Waals surface area contributed by atoms with Crippen molar-refractivity contribution in [1.82, 2.24) is 10.3 Å². The third-order valence-electron chi connectivity index (χ3n) is 2.18. The first-order valence-corrected chi connectivity index (χ1v) is 5.81. The van der Waals surface area contributed by atoms with Crippen LogP contribution >= 0.6 is 0 Å². The lowest BCUT2D eigenvalue weighted by Crippen LogP contribution is -2.23. The number of nitrogens with zero attached hydrogens (tertiary/aromatic N) is 1. The summed E-state index contributed by atoms with van der Waals surface area (Å²) >= 11 is 0. The highest BCUT2D eigenvalue weighted by atomic mass is 16.2. The first kappa shape index (κ1) is 13.9. The molecule has 0 saturated heterocycles. The molecular formula is C13H17N3O2. The SMILES string of the molecule is C=CCNC(=O)CCCC(=O)Nc1ccccn1. The van der Waals surface area contributed by atoms with Crippen molar-refractivity contribution in [2.45, 2.75) is 19.3 Å². The van der Waals surface area contributed by atoms with Gasteiger partial charge in [-0.2, -0.15) is 0 Å². The summed E-state index contributed by atoms with van der Waals surface area (Å²) in [5.41, 5.74) is 0. The summed E-state index contributed by atoms with van der Waals surface area (Å²) < 4.78 is 0. The highest BCUT2D eigenvalue weighted by Gasteiger charge is 2.05. The molecule has 0 bridgehead atoms. The van der Waals surface area contributed by atoms with Crippen molar-refractivity contribution < 1.29 is 9.59 Å². The molecule has 0 aliphatic heterocycles. The number of carbonyl (C=O) groups is 2. The number of pyridine rings is 1. The van der Waals surface area contributed by atoms with Crippen LogP contribution in [-0.4, -0.2) is 23.3 Å². The van der Waals surface area contributed by atoms with Crippen LogP contribution in [0.3, 0.4) is 0 Å². The monoisotopic (exact) mass is 247 g/mol. The lowest BCUT2D eigenvalue weighted by molar-refractivity contribution is -0.121. The maximum Gasteiger partial charge on any atom is 0.225 e. The summed E-state index contributed by atoms with van der Waals surface area (Å²) in [5, 5.41) is 5.32. The van der Waals surface area contributed by atoms with Crippen LogP contribution in [0.2, 0.25) is 0 Å². The highest BCUT2D eigenvalue weighted by Crippen LogP contribution is 2.03. The first-order chi connectivity index (χ1) is 8.72. The van der Waals surface area contributed by atoms with Crippen LogP contribution in [0, 0.1) is 0 Å². The molecule has 1 aromatic rings. The van der Waals surface area contributed by atoms with E-state index in [4.69, 9.17) is 0 Å². The van der Waals surface area contributed by atoms with Gasteiger partial charge in [-0.3, -0.25) is 9.59 Å². The normalized spacial score (nSPS) is 9.56. The Labute approximate surface area is 106 Å². The minimum atomic E-state index is -0.134. The van der Waals surface area contributed by atoms with E-state index in [9.17, 15) is 9.59 Å². The van der Waals surface area contributed by atoms with Crippen molar-refractivity contribution in [2.24, 2.45) is 0 Å². The van der Waals surface area contributed by atoms with E-state index >= 15 is 0 Å². The molecule has 0 radical (unpaired) electrons. The second-order valence-electron chi connectivity index (χ2n) is 3.71. The third-order valence-corrected chi connectivity index (χ3v) is 2.18. The van der Waals surface area contributed by atoms with Crippen molar-refractivity contribution >= 4 is 17.6 Å². The molecule has 1 aromatic heterocycles. The van der Waals surface area contributed by atoms with Gasteiger partial charge in [-0.05, 0) is 18.6 Å². The molecule has 0 aromatic carbocycles. The van der Waals surface area contributed by atoms with Crippen LogP contribution in [0.15, 0.2) is 37.1 Å². The van der Waals surface area contributed by atoms with E-state index in [1.807, 2.05) is 0 Å². The van der Waals surface area contributed by atoms with Crippen molar-refractivity contribution in [3.8, 4) is 0 Å². The molecule has 0 aliphatic rings. The van der Waals surface area contributed by atoms with Gasteiger partial charge in [-0.15, -0.1) is 6.58 Å². The van der Waals surface area contributed by atoms with Gasteiger partial charge < -0.3 is 10.6 Å². The van der Waals surface area contributed by atoms with Crippen LogP contribution in [0.5, 0.6) is 0 Å². The van der Waals surface area contributed by atoms with Gasteiger partial charge in [0.25, 0.3) is 0 Å². The number of anilines is 1. The molecular weight excluding hydrogens is 230 g/mol. The van der Waals surface area contributed by atoms with E-state index in [2.05, 4.69) is 22.2 Å². The molecule has 0 fully saturated rings. The number of nitrogens with one attached hydrogen (secondary N) is 2. The molecule has 2 amide bonds. The largest absolute Gasteiger partial charge is 0.353 e. The maximum atomic E-state index is 11.5. The van der Waals surface area contributed by atoms with Gasteiger partial charge in [0.05, 0.1) is 0 Å². The zero-order valence-corrected chi connectivity index (χ0v) is 10.2. The summed E-state index contributed by atoms with van der Waals surface area (Å²) in [6, 6.07) is 5.29. The molecule has 0 atom stereocenters. The molecule has 5 nitrogen and oxygen atoms in total. The fraction of sp³-hybridized carbons (Fsp3) is 0.308. The van der Waals surface area contributed by atoms with Gasteiger partial charge in [0, 0.05) is 25.6 Å². The van der Waals surface area contributed by atoms with Crippen LogP contribution < -0.4 is 10.6 Å². The zero-order chi connectivity index (χ0) is 13.2. The van der Waals surface area contributed by atoms with Gasteiger partial charge in [0.15, 0.2) is 0 Å². The quantitative estimate of drug-likeness (QED) is 0.717. The molecule has 0 aliphatic carbocycles. The molecule has 0 saturated carbocycles. The summed E-state index contributed by atoms with van der Waals surface area (Å²) in [6.07, 6.45) is 4.38. The van der Waals surface area contributed by atoms with Crippen molar-refractivity contribution in [2.75, 3.05) is 11.9 Å². The average Bonchev–Trinajstić information content (AvgIpc) is 2.37. The van der Waals surface area contributed by atoms with Crippen LogP contribution in [0.1, 0.15) is 19.3 Å². The van der Waals surface area contributed by atoms with Gasteiger partial charge in [-0.1, -0.05) is 12.1 Å². The van der Waals surface area contributed by atoms with E-state index < -0.39 is 0 Å². The molecule has 96 valence electrons. The summed E-state index contributed by atoms with van der Waals surface area (Å²) in [6.45, 7) is 3.96. The Balaban J connectivity index is 2.18. The molecule has 1 rings (SSSR count). The fourth-order valence-electron chi connectivity index (χ4n) is 1.33. The molecule has 18 heavy (non-hydrogen) atoms. The van der Waals surface area contributed by atoms with Gasteiger partial charge in [-0.25, -0.2) is 4.98 Å². The Hall–Kier alpha value is -2.17. The number of rotatable bonds is 7. The maximum absolute atomic E-state index is 11.5. The van der Waals surface area contributed by atoms with Crippen molar-refractivity contribution in [3.05, 3.63) is 37.1 Å². The number of hydrogen-bond acceptors (Lipinski definition) is 3. The van der Waals surface area contributed by atoms with Crippen LogP contribution in [-0.2, 0) is 9.59 Å². The van der Waals surface area contributed by atoms with Gasteiger partial charge in [0.1, 0.15) is 5.82 Å². The smallest absolute Gasteiger partial charge is 0.225 e. The number of carbonyl (C=O) groups excluding carboxylic acids is 2. The van der Waals surface area contributed by atoms with Gasteiger partial charge >= 0.3 is 0 Å². The Morgan fingerprint density at radius 1 is 1.28 bits per heavy atom. The second kappa shape index (κ2) is 8.00. The predicted octanol–water partition coefficient (Wildman–Crippen LogP) is 1.49. The third kappa shape index (κ3) is 5.79. The van der Waals surface area contributed by atoms with Crippen molar-refractivity contribution in [1.29, 1.82) is 0 Å².